The molecule has 62 heavy (non-hydrogen) atoms. The van der Waals surface area contributed by atoms with E-state index in [1.807, 2.05) is 109 Å². The van der Waals surface area contributed by atoms with Crippen molar-refractivity contribution in [3.8, 4) is 0 Å². The Labute approximate surface area is 382 Å². The molecule has 0 N–H and O–H groups in total. The van der Waals surface area contributed by atoms with Crippen molar-refractivity contribution in [1.29, 1.82) is 0 Å². The van der Waals surface area contributed by atoms with E-state index in [0.717, 1.165) is 11.1 Å². The second kappa shape index (κ2) is 23.1. The van der Waals surface area contributed by atoms with E-state index in [2.05, 4.69) is 146 Å². The molecule has 0 radical (unpaired) electrons. The summed E-state index contributed by atoms with van der Waals surface area (Å²) in [5.41, 5.74) is 1.43. The topological polar surface area (TPSA) is 138 Å². The van der Waals surface area contributed by atoms with E-state index in [-0.39, 0.29) is 33.9 Å². The predicted molar refractivity (Wildman–Crippen MR) is 239 cm³/mol. The van der Waals surface area contributed by atoms with E-state index in [0.29, 0.717) is 0 Å². The molecule has 6 nitrogen and oxygen atoms in total. The summed E-state index contributed by atoms with van der Waals surface area (Å²) >= 11 is 0. The van der Waals surface area contributed by atoms with Gasteiger partial charge in [0.05, 0.1) is 11.6 Å². The van der Waals surface area contributed by atoms with Crippen molar-refractivity contribution in [1.82, 2.24) is 0 Å². The van der Waals surface area contributed by atoms with Gasteiger partial charge >= 0.3 is 22.4 Å². The predicted octanol–water partition coefficient (Wildman–Crippen LogP) is 3.92. The monoisotopic (exact) mass is 1060 g/mol. The SMILES string of the molecule is [Au+].[O-]/C(=C\[P+](c1ccccc1)(c1ccccc1)c1ccccc1)c1ccccc1.[O-]/C(=C\[P+](c1ccccc1)(c1ccccc1)c1ccccc1)c1ccccc1.[O-][Cl+3]([O-])([O-])[O-]. The number of halogens is 1. The Morgan fingerprint density at radius 2 is 0.435 bits per heavy atom. The fourth-order valence-corrected chi connectivity index (χ4v) is 14.6. The Morgan fingerprint density at radius 3 is 0.597 bits per heavy atom. The van der Waals surface area contributed by atoms with Gasteiger partial charge < -0.3 is 10.2 Å². The smallest absolute Gasteiger partial charge is 0.870 e. The van der Waals surface area contributed by atoms with E-state index in [9.17, 15) is 10.2 Å². The second-order valence-electron chi connectivity index (χ2n) is 13.6. The summed E-state index contributed by atoms with van der Waals surface area (Å²) in [6.07, 6.45) is 0. The molecular weight excluding hydrogens is 1010 g/mol. The first kappa shape index (κ1) is 47.6. The zero-order chi connectivity index (χ0) is 43.0. The fourth-order valence-electron chi connectivity index (χ4n) is 7.03. The second-order valence-corrected chi connectivity index (χ2v) is 20.8. The minimum atomic E-state index is -4.94. The molecule has 0 bridgehead atoms. The summed E-state index contributed by atoms with van der Waals surface area (Å²) in [6.45, 7) is 0. The van der Waals surface area contributed by atoms with Crippen molar-refractivity contribution in [3.63, 3.8) is 0 Å². The van der Waals surface area contributed by atoms with Crippen LogP contribution in [0.5, 0.6) is 0 Å². The number of hydrogen-bond acceptors (Lipinski definition) is 6. The summed E-state index contributed by atoms with van der Waals surface area (Å²) in [4.78, 5) is 0. The molecular formula is C52H42AuClO6P2. The van der Waals surface area contributed by atoms with Gasteiger partial charge in [0.15, 0.2) is 0 Å². The van der Waals surface area contributed by atoms with Crippen molar-refractivity contribution in [2.45, 2.75) is 0 Å². The van der Waals surface area contributed by atoms with Gasteiger partial charge in [0.2, 0.25) is 0 Å². The molecule has 0 atom stereocenters. The van der Waals surface area contributed by atoms with Crippen LogP contribution in [0, 0.1) is 10.2 Å². The molecule has 0 aromatic heterocycles. The standard InChI is InChI=1S/2C26H21OP.Au.ClHO4/c2*27-26(22-13-5-1-6-14-22)21-28(23-15-7-2-8-16-23,24-17-9-3-10-18-24)25-19-11-4-12-20-25;;2-1(3,4)5/h2*1-21H;;(H,2,3,4,5)/q;;+1;/p-1/b2*26-21-;;. The van der Waals surface area contributed by atoms with E-state index < -0.39 is 24.8 Å². The molecule has 0 aliphatic rings. The van der Waals surface area contributed by atoms with E-state index >= 15 is 0 Å². The first-order valence-corrected chi connectivity index (χ1v) is 24.2. The maximum absolute atomic E-state index is 13.4. The van der Waals surface area contributed by atoms with Crippen LogP contribution >= 0.6 is 14.5 Å². The van der Waals surface area contributed by atoms with Crippen LogP contribution in [0.1, 0.15) is 11.1 Å². The van der Waals surface area contributed by atoms with Crippen LogP contribution in [-0.2, 0) is 22.4 Å². The average Bonchev–Trinajstić information content (AvgIpc) is 3.32. The van der Waals surface area contributed by atoms with Crippen molar-refractivity contribution < 1.29 is 61.5 Å². The van der Waals surface area contributed by atoms with Gasteiger partial charge in [-0.15, -0.1) is 10.2 Å². The van der Waals surface area contributed by atoms with Gasteiger partial charge in [0.1, 0.15) is 46.4 Å². The van der Waals surface area contributed by atoms with Gasteiger partial charge in [0.25, 0.3) is 0 Å². The van der Waals surface area contributed by atoms with Crippen LogP contribution in [0.15, 0.2) is 254 Å². The van der Waals surface area contributed by atoms with Crippen LogP contribution < -0.4 is 60.7 Å². The minimum Gasteiger partial charge on any atom is -0.870 e. The van der Waals surface area contributed by atoms with Crippen LogP contribution in [0.2, 0.25) is 0 Å². The van der Waals surface area contributed by atoms with Gasteiger partial charge in [-0.2, -0.15) is 0 Å². The summed E-state index contributed by atoms with van der Waals surface area (Å²) in [5.74, 6) is 4.07. The molecule has 314 valence electrons. The molecule has 0 saturated carbocycles. The van der Waals surface area contributed by atoms with Crippen molar-refractivity contribution >= 4 is 57.9 Å². The fraction of sp³-hybridized carbons (Fsp3) is 0. The van der Waals surface area contributed by atoms with E-state index in [4.69, 9.17) is 18.6 Å². The molecule has 0 saturated heterocycles. The Hall–Kier alpha value is -5.43. The van der Waals surface area contributed by atoms with Crippen LogP contribution in [-0.4, -0.2) is 0 Å². The van der Waals surface area contributed by atoms with Crippen LogP contribution in [0.3, 0.4) is 0 Å². The maximum Gasteiger partial charge on any atom is 1.00 e. The first-order valence-electron chi connectivity index (χ1n) is 19.2. The van der Waals surface area contributed by atoms with Gasteiger partial charge in [0, 0.05) is 0 Å². The molecule has 8 aromatic carbocycles. The zero-order valence-corrected chi connectivity index (χ0v) is 38.0. The molecule has 0 amide bonds. The van der Waals surface area contributed by atoms with Gasteiger partial charge in [-0.25, -0.2) is 18.6 Å². The van der Waals surface area contributed by atoms with E-state index in [1.54, 1.807) is 0 Å². The summed E-state index contributed by atoms with van der Waals surface area (Å²) in [7, 11) is -9.44. The van der Waals surface area contributed by atoms with Crippen molar-refractivity contribution in [2.24, 2.45) is 0 Å². The molecule has 0 fully saturated rings. The third-order valence-corrected chi connectivity index (χ3v) is 17.6. The maximum atomic E-state index is 13.4. The number of rotatable bonds is 10. The largest absolute Gasteiger partial charge is 1.00 e. The quantitative estimate of drug-likeness (QED) is 0.116. The van der Waals surface area contributed by atoms with Gasteiger partial charge in [-0.3, -0.25) is 0 Å². The number of hydrogen-bond donors (Lipinski definition) is 0. The summed E-state index contributed by atoms with van der Waals surface area (Å²) in [6, 6.07) is 81.5. The van der Waals surface area contributed by atoms with Crippen molar-refractivity contribution in [2.75, 3.05) is 0 Å². The normalized spacial score (nSPS) is 11.7. The molecule has 0 aliphatic heterocycles. The molecule has 8 aromatic rings. The molecule has 10 heteroatoms. The zero-order valence-electron chi connectivity index (χ0n) is 33.3. The summed E-state index contributed by atoms with van der Waals surface area (Å²) < 4.78 is 34.0. The Morgan fingerprint density at radius 1 is 0.290 bits per heavy atom. The average molecular weight is 1060 g/mol. The molecule has 0 heterocycles. The Kier molecular flexibility index (Phi) is 17.8. The van der Waals surface area contributed by atoms with Crippen molar-refractivity contribution in [3.05, 3.63) is 265 Å². The molecule has 8 rings (SSSR count). The Bertz CT molecular complexity index is 2190. The van der Waals surface area contributed by atoms with Gasteiger partial charge in [-0.05, 0) is 83.9 Å². The van der Waals surface area contributed by atoms with E-state index in [1.165, 1.54) is 31.8 Å². The first-order chi connectivity index (χ1) is 29.6. The van der Waals surface area contributed by atoms with Crippen LogP contribution in [0.25, 0.3) is 11.5 Å². The summed E-state index contributed by atoms with van der Waals surface area (Å²) in [5, 5.41) is 33.8. The molecule has 0 spiro atoms. The van der Waals surface area contributed by atoms with Gasteiger partial charge in [-0.1, -0.05) is 181 Å². The third-order valence-electron chi connectivity index (χ3n) is 9.72. The van der Waals surface area contributed by atoms with Crippen LogP contribution in [0.4, 0.5) is 0 Å². The molecule has 0 unspecified atom stereocenters. The molecule has 0 aliphatic carbocycles. The number of benzene rings is 8. The Balaban J connectivity index is 0.000000208. The minimum absolute atomic E-state index is 0. The third kappa shape index (κ3) is 12.4.